The Bertz CT molecular complexity index is 1510. The summed E-state index contributed by atoms with van der Waals surface area (Å²) in [6.45, 7) is 0.448. The Morgan fingerprint density at radius 3 is 2.82 bits per heavy atom. The van der Waals surface area contributed by atoms with Crippen LogP contribution in [-0.2, 0) is 11.2 Å². The number of nitrogens with one attached hydrogen (secondary N) is 3. The summed E-state index contributed by atoms with van der Waals surface area (Å²) in [5, 5.41) is 24.8. The molecule has 6 N–H and O–H groups in total. The largest absolute Gasteiger partial charge is 0.493 e. The molecule has 0 radical (unpaired) electrons. The summed E-state index contributed by atoms with van der Waals surface area (Å²) >= 11 is 1.14. The first-order chi connectivity index (χ1) is 18.3. The second-order valence-corrected chi connectivity index (χ2v) is 9.82. The average Bonchev–Trinajstić information content (AvgIpc) is 3.55. The van der Waals surface area contributed by atoms with Crippen LogP contribution >= 0.6 is 11.8 Å². The Balaban J connectivity index is 1.65. The summed E-state index contributed by atoms with van der Waals surface area (Å²) in [5.74, 6) is -0.467. The van der Waals surface area contributed by atoms with Crippen molar-refractivity contribution in [3.05, 3.63) is 74.1 Å². The number of thioether (sulfide) groups is 1. The maximum absolute atomic E-state index is 16.0. The molecule has 13 heteroatoms. The predicted molar refractivity (Wildman–Crippen MR) is 140 cm³/mol. The number of allylic oxidation sites excluding steroid dienone is 1. The van der Waals surface area contributed by atoms with Gasteiger partial charge in [-0.1, -0.05) is 0 Å². The van der Waals surface area contributed by atoms with Crippen LogP contribution in [0.1, 0.15) is 41.4 Å². The number of aromatic nitrogens is 3. The maximum Gasteiger partial charge on any atom is 0.347 e. The zero-order chi connectivity index (χ0) is 27.0. The number of H-pyrrole nitrogens is 1. The Labute approximate surface area is 220 Å². The van der Waals surface area contributed by atoms with Gasteiger partial charge in [0, 0.05) is 34.6 Å². The van der Waals surface area contributed by atoms with Crippen molar-refractivity contribution in [2.24, 2.45) is 5.73 Å². The van der Waals surface area contributed by atoms with Gasteiger partial charge in [-0.3, -0.25) is 10.4 Å². The van der Waals surface area contributed by atoms with Crippen molar-refractivity contribution in [1.82, 2.24) is 14.8 Å². The number of nitrogen functional groups attached to an aromatic ring is 1. The molecule has 1 unspecified atom stereocenters. The molecule has 198 valence electrons. The van der Waals surface area contributed by atoms with Crippen molar-refractivity contribution in [3.63, 3.8) is 0 Å². The van der Waals surface area contributed by atoms with Crippen LogP contribution in [0.3, 0.4) is 0 Å². The minimum absolute atomic E-state index is 0.0493. The van der Waals surface area contributed by atoms with Crippen LogP contribution in [0.15, 0.2) is 40.0 Å². The molecule has 3 heterocycles. The number of halogens is 1. The highest BCUT2D eigenvalue weighted by molar-refractivity contribution is 8.04. The molecule has 0 amide bonds. The summed E-state index contributed by atoms with van der Waals surface area (Å²) in [4.78, 5) is 27.4. The van der Waals surface area contributed by atoms with Crippen molar-refractivity contribution < 1.29 is 23.8 Å². The van der Waals surface area contributed by atoms with Crippen molar-refractivity contribution in [3.8, 4) is 11.5 Å². The first-order valence-electron chi connectivity index (χ1n) is 11.8. The van der Waals surface area contributed by atoms with Gasteiger partial charge in [0.05, 0.1) is 19.4 Å². The number of carbonyl (C=O) groups is 1. The molecule has 5 rings (SSSR count). The summed E-state index contributed by atoms with van der Waals surface area (Å²) in [7, 11) is 1.46. The zero-order valence-corrected chi connectivity index (χ0v) is 21.2. The molecule has 0 aliphatic carbocycles. The number of carboxylic acids is 1. The molecule has 1 aromatic heterocycles. The van der Waals surface area contributed by atoms with E-state index in [-0.39, 0.29) is 27.8 Å². The number of amidine groups is 1. The number of anilines is 1. The number of methoxy groups -OCH3 is 1. The highest BCUT2D eigenvalue weighted by Gasteiger charge is 2.31. The first-order valence-corrected chi connectivity index (χ1v) is 12.8. The van der Waals surface area contributed by atoms with E-state index >= 15 is 4.39 Å². The van der Waals surface area contributed by atoms with Crippen molar-refractivity contribution >= 4 is 35.0 Å². The SMILES string of the molecule is COc1cc(C(Nc2ccc(C(=N)N)cc2)c2nn(C3=C(C(=O)O)SCC3)c(=O)[nH]2)c(F)c2c1OCCC2. The van der Waals surface area contributed by atoms with E-state index in [0.717, 1.165) is 16.4 Å². The smallest absolute Gasteiger partial charge is 0.347 e. The number of hydrogen-bond acceptors (Lipinski definition) is 8. The van der Waals surface area contributed by atoms with Crippen LogP contribution < -0.4 is 26.2 Å². The molecule has 3 aromatic rings. The number of nitrogens with zero attached hydrogens (tertiary/aromatic N) is 2. The molecule has 0 fully saturated rings. The van der Waals surface area contributed by atoms with Crippen molar-refractivity contribution in [2.75, 3.05) is 24.8 Å². The van der Waals surface area contributed by atoms with Gasteiger partial charge in [-0.2, -0.15) is 4.68 Å². The zero-order valence-electron chi connectivity index (χ0n) is 20.3. The molecular weight excluding hydrogens is 515 g/mol. The minimum atomic E-state index is -1.13. The lowest BCUT2D eigenvalue weighted by Gasteiger charge is -2.25. The molecule has 0 saturated carbocycles. The molecule has 11 nitrogen and oxygen atoms in total. The predicted octanol–water partition coefficient (Wildman–Crippen LogP) is 2.92. The molecule has 2 aromatic carbocycles. The van der Waals surface area contributed by atoms with Gasteiger partial charge in [0.1, 0.15) is 22.6 Å². The molecule has 0 spiro atoms. The van der Waals surface area contributed by atoms with E-state index in [1.807, 2.05) is 0 Å². The van der Waals surface area contributed by atoms with Gasteiger partial charge >= 0.3 is 11.7 Å². The first kappa shape index (κ1) is 25.4. The molecule has 0 bridgehead atoms. The second-order valence-electron chi connectivity index (χ2n) is 8.72. The number of aromatic amines is 1. The molecule has 38 heavy (non-hydrogen) atoms. The number of benzene rings is 2. The van der Waals surface area contributed by atoms with Crippen molar-refractivity contribution in [1.29, 1.82) is 5.41 Å². The van der Waals surface area contributed by atoms with Gasteiger partial charge in [0.15, 0.2) is 17.3 Å². The van der Waals surface area contributed by atoms with Gasteiger partial charge in [0.2, 0.25) is 0 Å². The summed E-state index contributed by atoms with van der Waals surface area (Å²) < 4.78 is 28.2. The Morgan fingerprint density at radius 1 is 1.37 bits per heavy atom. The monoisotopic (exact) mass is 540 g/mol. The topological polar surface area (TPSA) is 168 Å². The third-order valence-corrected chi connectivity index (χ3v) is 7.47. The number of fused-ring (bicyclic) bond motifs is 1. The normalized spacial score (nSPS) is 15.5. The van der Waals surface area contributed by atoms with Crippen LogP contribution in [-0.4, -0.2) is 51.1 Å². The van der Waals surface area contributed by atoms with Crippen LogP contribution in [0.5, 0.6) is 11.5 Å². The van der Waals surface area contributed by atoms with E-state index in [1.165, 1.54) is 13.2 Å². The molecule has 1 atom stereocenters. The van der Waals surface area contributed by atoms with Gasteiger partial charge < -0.3 is 25.6 Å². The fraction of sp³-hybridized carbons (Fsp3) is 0.280. The van der Waals surface area contributed by atoms with Crippen LogP contribution in [0.4, 0.5) is 10.1 Å². The molecule has 0 saturated heterocycles. The third kappa shape index (κ3) is 4.60. The van der Waals surface area contributed by atoms with E-state index in [1.54, 1.807) is 24.3 Å². The standard InChI is InChI=1S/C25H25FN6O5S/c1-36-17-11-15(18(26)14-3-2-9-37-20(14)17)19(29-13-6-4-12(5-7-13)22(27)28)23-30-25(35)32(31-23)16-8-10-38-21(16)24(33)34/h4-7,11,19,29H,2-3,8-10H2,1H3,(H3,27,28)(H,33,34)(H,30,31,35). The number of hydrogen-bond donors (Lipinski definition) is 5. The fourth-order valence-corrected chi connectivity index (χ4v) is 5.53. The lowest BCUT2D eigenvalue weighted by Crippen LogP contribution is -2.20. The molecule has 2 aliphatic rings. The minimum Gasteiger partial charge on any atom is -0.493 e. The van der Waals surface area contributed by atoms with E-state index in [2.05, 4.69) is 15.4 Å². The van der Waals surface area contributed by atoms with Gasteiger partial charge in [-0.15, -0.1) is 16.9 Å². The highest BCUT2D eigenvalue weighted by atomic mass is 32.2. The molecular formula is C25H25FN6O5S. The number of ether oxygens (including phenoxy) is 2. The van der Waals surface area contributed by atoms with E-state index in [0.29, 0.717) is 59.9 Å². The lowest BCUT2D eigenvalue weighted by atomic mass is 9.96. The van der Waals surface area contributed by atoms with Crippen LogP contribution in [0.2, 0.25) is 0 Å². The second kappa shape index (κ2) is 10.2. The van der Waals surface area contributed by atoms with Crippen molar-refractivity contribution in [2.45, 2.75) is 25.3 Å². The third-order valence-electron chi connectivity index (χ3n) is 6.36. The van der Waals surface area contributed by atoms with Gasteiger partial charge in [-0.25, -0.2) is 14.0 Å². The summed E-state index contributed by atoms with van der Waals surface area (Å²) in [5.41, 5.74) is 6.79. The number of carboxylic acid groups (broad SMARTS) is 1. The highest BCUT2D eigenvalue weighted by Crippen LogP contribution is 2.42. The Kier molecular flexibility index (Phi) is 6.85. The lowest BCUT2D eigenvalue weighted by molar-refractivity contribution is -0.131. The Morgan fingerprint density at radius 2 is 2.13 bits per heavy atom. The van der Waals surface area contributed by atoms with E-state index in [9.17, 15) is 14.7 Å². The van der Waals surface area contributed by atoms with Crippen LogP contribution in [0, 0.1) is 11.2 Å². The van der Waals surface area contributed by atoms with Gasteiger partial charge in [-0.05, 0) is 43.2 Å². The fourth-order valence-electron chi connectivity index (χ4n) is 4.55. The van der Waals surface area contributed by atoms with Crippen LogP contribution in [0.25, 0.3) is 5.70 Å². The van der Waals surface area contributed by atoms with E-state index < -0.39 is 23.5 Å². The van der Waals surface area contributed by atoms with E-state index in [4.69, 9.17) is 20.6 Å². The maximum atomic E-state index is 16.0. The number of aliphatic carboxylic acids is 1. The van der Waals surface area contributed by atoms with Gasteiger partial charge in [0.25, 0.3) is 0 Å². The average molecular weight is 541 g/mol. The number of nitrogens with two attached hydrogens (primary N) is 1. The summed E-state index contributed by atoms with van der Waals surface area (Å²) in [6.07, 6.45) is 1.43. The number of rotatable bonds is 8. The Hall–Kier alpha value is -4.26. The molecule has 2 aliphatic heterocycles. The summed E-state index contributed by atoms with van der Waals surface area (Å²) in [6, 6.07) is 7.14. The quantitative estimate of drug-likeness (QED) is 0.213.